The molecule has 2 heterocycles. The van der Waals surface area contributed by atoms with Gasteiger partial charge in [-0.15, -0.1) is 0 Å². The second kappa shape index (κ2) is 9.03. The lowest BCUT2D eigenvalue weighted by atomic mass is 10.1. The number of benzene rings is 1. The van der Waals surface area contributed by atoms with Crippen molar-refractivity contribution in [2.45, 2.75) is 34.6 Å². The third-order valence-electron chi connectivity index (χ3n) is 5.11. The minimum Gasteiger partial charge on any atom is -0.476 e. The van der Waals surface area contributed by atoms with E-state index in [4.69, 9.17) is 15.1 Å². The molecule has 0 aliphatic carbocycles. The number of aryl methyl sites for hydroxylation is 2. The molecule has 1 aromatic heterocycles. The van der Waals surface area contributed by atoms with Gasteiger partial charge in [-0.25, -0.2) is 9.98 Å². The summed E-state index contributed by atoms with van der Waals surface area (Å²) in [4.78, 5) is 36.1. The third-order valence-corrected chi connectivity index (χ3v) is 5.11. The van der Waals surface area contributed by atoms with Gasteiger partial charge in [0, 0.05) is 25.7 Å². The lowest BCUT2D eigenvalue weighted by molar-refractivity contribution is -0.110. The van der Waals surface area contributed by atoms with Crippen LogP contribution in [-0.4, -0.2) is 59.0 Å². The maximum atomic E-state index is 12.5. The first kappa shape index (κ1) is 22.1. The monoisotopic (exact) mass is 422 g/mol. The largest absolute Gasteiger partial charge is 0.476 e. The van der Waals surface area contributed by atoms with Gasteiger partial charge in [0.1, 0.15) is 0 Å². The number of hydrogen-bond acceptors (Lipinski definition) is 8. The molecule has 2 aromatic rings. The zero-order chi connectivity index (χ0) is 22.7. The Morgan fingerprint density at radius 2 is 1.97 bits per heavy atom. The zero-order valence-corrected chi connectivity index (χ0v) is 18.4. The molecule has 31 heavy (non-hydrogen) atoms. The molecule has 1 N–H and O–H groups in total. The molecule has 0 bridgehead atoms. The Morgan fingerprint density at radius 3 is 2.55 bits per heavy atom. The van der Waals surface area contributed by atoms with Gasteiger partial charge in [0.15, 0.2) is 36.2 Å². The van der Waals surface area contributed by atoms with Crippen molar-refractivity contribution in [2.75, 3.05) is 24.6 Å². The molecule has 0 saturated heterocycles. The smallest absolute Gasteiger partial charge is 0.205 e. The molecule has 3 rings (SSSR count). The van der Waals surface area contributed by atoms with Crippen molar-refractivity contribution in [1.82, 2.24) is 9.78 Å². The zero-order valence-electron chi connectivity index (χ0n) is 18.4. The number of ketones is 2. The molecule has 1 aliphatic rings. The van der Waals surface area contributed by atoms with Crippen molar-refractivity contribution in [3.8, 4) is 0 Å². The molecule has 0 amide bonds. The van der Waals surface area contributed by atoms with Gasteiger partial charge >= 0.3 is 0 Å². The van der Waals surface area contributed by atoms with Crippen molar-refractivity contribution >= 4 is 46.7 Å². The van der Waals surface area contributed by atoms with Gasteiger partial charge in [0.05, 0.1) is 16.9 Å². The molecule has 0 saturated carbocycles. The lowest BCUT2D eigenvalue weighted by Crippen LogP contribution is -2.25. The van der Waals surface area contributed by atoms with Gasteiger partial charge in [-0.2, -0.15) is 9.78 Å². The van der Waals surface area contributed by atoms with Crippen LogP contribution in [0.3, 0.4) is 0 Å². The summed E-state index contributed by atoms with van der Waals surface area (Å²) in [7, 11) is 0. The van der Waals surface area contributed by atoms with E-state index in [2.05, 4.69) is 34.9 Å². The average molecular weight is 422 g/mol. The number of aromatic nitrogens is 2. The summed E-state index contributed by atoms with van der Waals surface area (Å²) in [6.45, 7) is 10.8. The highest BCUT2D eigenvalue weighted by atomic mass is 16.5. The molecule has 0 unspecified atom stereocenters. The van der Waals surface area contributed by atoms with Crippen molar-refractivity contribution in [3.05, 3.63) is 35.0 Å². The molecule has 9 heteroatoms. The number of fused-ring (bicyclic) bond motifs is 1. The molecular weight excluding hydrogens is 396 g/mol. The normalized spacial score (nSPS) is 13.7. The average Bonchev–Trinajstić information content (AvgIpc) is 3.24. The summed E-state index contributed by atoms with van der Waals surface area (Å²) in [5, 5.41) is 11.4. The van der Waals surface area contributed by atoms with Crippen LogP contribution in [0.25, 0.3) is 0 Å². The standard InChI is InChI=1S/C22H26N6O3/c1-6-27(7-2)16-8-9-17(13(3)10-16)24-22-20(15(5)29)25-21-19(14(4)26-28(21)22)18(30)11-31-12-23/h8-10,12,23H,6-7,11H2,1-5H3. The Balaban J connectivity index is 2.08. The van der Waals surface area contributed by atoms with Crippen molar-refractivity contribution in [2.24, 2.45) is 9.98 Å². The molecule has 0 atom stereocenters. The number of carbonyl (C=O) groups excluding carboxylic acids is 2. The van der Waals surface area contributed by atoms with Crippen LogP contribution in [0.2, 0.25) is 0 Å². The fourth-order valence-corrected chi connectivity index (χ4v) is 3.54. The predicted octanol–water partition coefficient (Wildman–Crippen LogP) is 3.41. The molecule has 1 aromatic carbocycles. The number of Topliss-reactive ketones (excluding diaryl/α,β-unsaturated/α-hetero) is 2. The number of nitrogens with one attached hydrogen (secondary N) is 1. The third kappa shape index (κ3) is 4.16. The Kier molecular flexibility index (Phi) is 6.43. The fourth-order valence-electron chi connectivity index (χ4n) is 3.54. The van der Waals surface area contributed by atoms with E-state index in [1.165, 1.54) is 11.6 Å². The maximum absolute atomic E-state index is 12.5. The molecular formula is C22H26N6O3. The topological polar surface area (TPSA) is 113 Å². The van der Waals surface area contributed by atoms with Crippen molar-refractivity contribution in [3.63, 3.8) is 0 Å². The first-order chi connectivity index (χ1) is 14.8. The summed E-state index contributed by atoms with van der Waals surface area (Å²) in [5.41, 5.74) is 3.62. The van der Waals surface area contributed by atoms with Crippen LogP contribution in [0.5, 0.6) is 0 Å². The SMILES string of the molecule is CCN(CC)c1ccc(N=C2C(C(C)=O)=Nc3c(C(=O)COC=N)c(C)nn32)c(C)c1. The molecule has 0 fully saturated rings. The molecule has 0 spiro atoms. The summed E-state index contributed by atoms with van der Waals surface area (Å²) >= 11 is 0. The van der Waals surface area contributed by atoms with Crippen LogP contribution in [-0.2, 0) is 9.53 Å². The van der Waals surface area contributed by atoms with E-state index < -0.39 is 0 Å². The first-order valence-electron chi connectivity index (χ1n) is 10.1. The van der Waals surface area contributed by atoms with Crippen LogP contribution >= 0.6 is 0 Å². The van der Waals surface area contributed by atoms with E-state index in [0.29, 0.717) is 17.8 Å². The number of hydrogen-bond donors (Lipinski definition) is 1. The molecule has 162 valence electrons. The number of ether oxygens (including phenoxy) is 1. The van der Waals surface area contributed by atoms with Crippen LogP contribution in [0.15, 0.2) is 28.2 Å². The number of anilines is 1. The second-order valence-electron chi connectivity index (χ2n) is 7.14. The lowest BCUT2D eigenvalue weighted by Gasteiger charge is -2.21. The van der Waals surface area contributed by atoms with Gasteiger partial charge in [-0.3, -0.25) is 15.0 Å². The van der Waals surface area contributed by atoms with E-state index in [1.807, 2.05) is 19.1 Å². The van der Waals surface area contributed by atoms with Gasteiger partial charge in [0.2, 0.25) is 5.78 Å². The molecule has 1 aliphatic heterocycles. The highest BCUT2D eigenvalue weighted by Crippen LogP contribution is 2.31. The summed E-state index contributed by atoms with van der Waals surface area (Å²) in [5.74, 6) is -0.0860. The van der Waals surface area contributed by atoms with Gasteiger partial charge in [0.25, 0.3) is 0 Å². The Bertz CT molecular complexity index is 1110. The summed E-state index contributed by atoms with van der Waals surface area (Å²) in [6.07, 6.45) is 0.707. The highest BCUT2D eigenvalue weighted by molar-refractivity contribution is 6.68. The number of rotatable bonds is 9. The minimum atomic E-state index is -0.366. The predicted molar refractivity (Wildman–Crippen MR) is 121 cm³/mol. The summed E-state index contributed by atoms with van der Waals surface area (Å²) in [6, 6.07) is 5.97. The molecule has 0 radical (unpaired) electrons. The minimum absolute atomic E-state index is 0.150. The van der Waals surface area contributed by atoms with E-state index in [0.717, 1.165) is 24.3 Å². The quantitative estimate of drug-likeness (QED) is 0.378. The Morgan fingerprint density at radius 1 is 1.26 bits per heavy atom. The van der Waals surface area contributed by atoms with E-state index in [1.54, 1.807) is 6.92 Å². The van der Waals surface area contributed by atoms with Crippen LogP contribution < -0.4 is 4.90 Å². The van der Waals surface area contributed by atoms with Crippen molar-refractivity contribution in [1.29, 1.82) is 5.41 Å². The van der Waals surface area contributed by atoms with Gasteiger partial charge in [-0.05, 0) is 51.5 Å². The number of aliphatic imine (C=N–C) groups is 2. The Labute approximate surface area is 181 Å². The molecule has 9 nitrogen and oxygen atoms in total. The van der Waals surface area contributed by atoms with Gasteiger partial charge in [-0.1, -0.05) is 0 Å². The number of carbonyl (C=O) groups is 2. The van der Waals surface area contributed by atoms with E-state index in [9.17, 15) is 9.59 Å². The van der Waals surface area contributed by atoms with E-state index >= 15 is 0 Å². The van der Waals surface area contributed by atoms with Crippen LogP contribution in [0.1, 0.15) is 42.4 Å². The first-order valence-corrected chi connectivity index (χ1v) is 10.1. The van der Waals surface area contributed by atoms with Crippen molar-refractivity contribution < 1.29 is 14.3 Å². The number of nitrogens with zero attached hydrogens (tertiary/aromatic N) is 5. The summed E-state index contributed by atoms with van der Waals surface area (Å²) < 4.78 is 6.23. The van der Waals surface area contributed by atoms with Crippen LogP contribution in [0, 0.1) is 19.3 Å². The fraction of sp³-hybridized carbons (Fsp3) is 0.364. The highest BCUT2D eigenvalue weighted by Gasteiger charge is 2.33. The Hall–Kier alpha value is -3.62. The van der Waals surface area contributed by atoms with Gasteiger partial charge < -0.3 is 9.64 Å². The van der Waals surface area contributed by atoms with E-state index in [-0.39, 0.29) is 41.1 Å². The second-order valence-corrected chi connectivity index (χ2v) is 7.14. The maximum Gasteiger partial charge on any atom is 0.205 e. The van der Waals surface area contributed by atoms with Crippen LogP contribution in [0.4, 0.5) is 17.2 Å².